The Kier molecular flexibility index (Phi) is 5.50. The van der Waals surface area contributed by atoms with E-state index in [9.17, 15) is 5.11 Å². The van der Waals surface area contributed by atoms with Crippen LogP contribution in [0.5, 0.6) is 0 Å². The third-order valence-electron chi connectivity index (χ3n) is 5.25. The Bertz CT molecular complexity index is 233. The van der Waals surface area contributed by atoms with Crippen LogP contribution in [0.2, 0.25) is 0 Å². The smallest absolute Gasteiger partial charge is 0.0580 e. The van der Waals surface area contributed by atoms with Crippen molar-refractivity contribution in [1.82, 2.24) is 5.32 Å². The maximum Gasteiger partial charge on any atom is 0.0580 e. The Hall–Kier alpha value is -0.0800. The van der Waals surface area contributed by atoms with E-state index >= 15 is 0 Å². The summed E-state index contributed by atoms with van der Waals surface area (Å²) in [7, 11) is 0. The first-order chi connectivity index (χ1) is 8.66. The first kappa shape index (κ1) is 14.3. The molecule has 18 heavy (non-hydrogen) atoms. The van der Waals surface area contributed by atoms with Gasteiger partial charge in [-0.05, 0) is 56.3 Å². The van der Waals surface area contributed by atoms with Crippen molar-refractivity contribution < 1.29 is 5.11 Å². The van der Waals surface area contributed by atoms with Gasteiger partial charge in [-0.2, -0.15) is 0 Å². The normalized spacial score (nSPS) is 38.0. The van der Waals surface area contributed by atoms with Crippen LogP contribution in [-0.4, -0.2) is 23.8 Å². The molecular formula is C16H31NO. The third kappa shape index (κ3) is 3.96. The van der Waals surface area contributed by atoms with E-state index in [1.807, 2.05) is 0 Å². The van der Waals surface area contributed by atoms with Crippen molar-refractivity contribution in [2.45, 2.75) is 77.4 Å². The van der Waals surface area contributed by atoms with E-state index in [0.717, 1.165) is 24.8 Å². The molecule has 2 unspecified atom stereocenters. The number of rotatable bonds is 4. The highest BCUT2D eigenvalue weighted by Crippen LogP contribution is 2.30. The fraction of sp³-hybridized carbons (Fsp3) is 1.00. The van der Waals surface area contributed by atoms with E-state index in [1.165, 1.54) is 44.9 Å². The summed E-state index contributed by atoms with van der Waals surface area (Å²) in [6, 6.07) is 0.717. The quantitative estimate of drug-likeness (QED) is 0.805. The van der Waals surface area contributed by atoms with Gasteiger partial charge in [-0.15, -0.1) is 0 Å². The fourth-order valence-electron chi connectivity index (χ4n) is 3.73. The summed E-state index contributed by atoms with van der Waals surface area (Å²) < 4.78 is 0. The molecule has 2 atom stereocenters. The van der Waals surface area contributed by atoms with E-state index in [2.05, 4.69) is 19.2 Å². The lowest BCUT2D eigenvalue weighted by Gasteiger charge is -2.34. The molecule has 2 aliphatic rings. The van der Waals surface area contributed by atoms with Crippen molar-refractivity contribution in [3.63, 3.8) is 0 Å². The highest BCUT2D eigenvalue weighted by molar-refractivity contribution is 4.82. The zero-order valence-corrected chi connectivity index (χ0v) is 12.2. The van der Waals surface area contributed by atoms with Crippen LogP contribution >= 0.6 is 0 Å². The monoisotopic (exact) mass is 253 g/mol. The van der Waals surface area contributed by atoms with Crippen molar-refractivity contribution in [1.29, 1.82) is 0 Å². The van der Waals surface area contributed by atoms with Gasteiger partial charge in [0.1, 0.15) is 0 Å². The average molecular weight is 253 g/mol. The standard InChI is InChI=1S/C16H31NO/c1-12(2)13-7-9-15(10-8-13)17-11-14-5-3-4-6-16(14)18/h12-18H,3-11H2,1-2H3. The maximum absolute atomic E-state index is 9.97. The molecule has 0 spiro atoms. The van der Waals surface area contributed by atoms with Crippen LogP contribution in [0.4, 0.5) is 0 Å². The number of hydrogen-bond acceptors (Lipinski definition) is 2. The minimum atomic E-state index is -0.0433. The summed E-state index contributed by atoms with van der Waals surface area (Å²) in [4.78, 5) is 0. The molecule has 2 heteroatoms. The Labute approximate surface area is 113 Å². The second kappa shape index (κ2) is 6.91. The van der Waals surface area contributed by atoms with Crippen LogP contribution in [0.3, 0.4) is 0 Å². The zero-order chi connectivity index (χ0) is 13.0. The Morgan fingerprint density at radius 2 is 1.67 bits per heavy atom. The zero-order valence-electron chi connectivity index (χ0n) is 12.2. The van der Waals surface area contributed by atoms with E-state index in [4.69, 9.17) is 0 Å². The molecule has 2 N–H and O–H groups in total. The number of nitrogens with one attached hydrogen (secondary N) is 1. The first-order valence-electron chi connectivity index (χ1n) is 8.08. The SMILES string of the molecule is CC(C)C1CCC(NCC2CCCCC2O)CC1. The van der Waals surface area contributed by atoms with Crippen molar-refractivity contribution >= 4 is 0 Å². The van der Waals surface area contributed by atoms with Crippen LogP contribution in [0.15, 0.2) is 0 Å². The van der Waals surface area contributed by atoms with E-state index < -0.39 is 0 Å². The summed E-state index contributed by atoms with van der Waals surface area (Å²) in [5.74, 6) is 2.32. The van der Waals surface area contributed by atoms with Gasteiger partial charge in [-0.25, -0.2) is 0 Å². The third-order valence-corrected chi connectivity index (χ3v) is 5.25. The number of aliphatic hydroxyl groups is 1. The van der Waals surface area contributed by atoms with Gasteiger partial charge in [0.15, 0.2) is 0 Å². The van der Waals surface area contributed by atoms with Crippen LogP contribution in [-0.2, 0) is 0 Å². The van der Waals surface area contributed by atoms with Gasteiger partial charge in [0, 0.05) is 12.6 Å². The molecule has 0 heterocycles. The predicted octanol–water partition coefficient (Wildman–Crippen LogP) is 3.34. The highest BCUT2D eigenvalue weighted by Gasteiger charge is 2.26. The molecular weight excluding hydrogens is 222 g/mol. The summed E-state index contributed by atoms with van der Waals surface area (Å²) in [6.07, 6.45) is 10.2. The van der Waals surface area contributed by atoms with Gasteiger partial charge in [0.25, 0.3) is 0 Å². The molecule has 0 radical (unpaired) electrons. The average Bonchev–Trinajstić information content (AvgIpc) is 2.38. The minimum absolute atomic E-state index is 0.0433. The lowest BCUT2D eigenvalue weighted by molar-refractivity contribution is 0.0665. The Balaban J connectivity index is 1.65. The van der Waals surface area contributed by atoms with Crippen LogP contribution < -0.4 is 5.32 Å². The van der Waals surface area contributed by atoms with Gasteiger partial charge >= 0.3 is 0 Å². The number of aliphatic hydroxyl groups excluding tert-OH is 1. The molecule has 2 fully saturated rings. The summed E-state index contributed by atoms with van der Waals surface area (Å²) in [5, 5.41) is 13.7. The van der Waals surface area contributed by atoms with Gasteiger partial charge < -0.3 is 10.4 Å². The topological polar surface area (TPSA) is 32.3 Å². The van der Waals surface area contributed by atoms with Crippen molar-refractivity contribution in [2.75, 3.05) is 6.54 Å². The number of hydrogen-bond donors (Lipinski definition) is 2. The van der Waals surface area contributed by atoms with E-state index in [1.54, 1.807) is 0 Å². The molecule has 0 aromatic heterocycles. The molecule has 0 saturated heterocycles. The van der Waals surface area contributed by atoms with Crippen LogP contribution in [0.1, 0.15) is 65.2 Å². The van der Waals surface area contributed by atoms with Crippen molar-refractivity contribution in [3.8, 4) is 0 Å². The molecule has 0 bridgehead atoms. The maximum atomic E-state index is 9.97. The largest absolute Gasteiger partial charge is 0.393 e. The molecule has 0 amide bonds. The Morgan fingerprint density at radius 3 is 2.28 bits per heavy atom. The van der Waals surface area contributed by atoms with E-state index in [0.29, 0.717) is 12.0 Å². The Morgan fingerprint density at radius 1 is 1.00 bits per heavy atom. The van der Waals surface area contributed by atoms with Crippen LogP contribution in [0.25, 0.3) is 0 Å². The summed E-state index contributed by atoms with van der Waals surface area (Å²) in [5.41, 5.74) is 0. The second-order valence-electron chi connectivity index (χ2n) is 6.88. The first-order valence-corrected chi connectivity index (χ1v) is 8.08. The molecule has 2 aliphatic carbocycles. The van der Waals surface area contributed by atoms with Crippen molar-refractivity contribution in [2.24, 2.45) is 17.8 Å². The molecule has 0 aromatic rings. The predicted molar refractivity (Wildman–Crippen MR) is 76.6 cm³/mol. The summed E-state index contributed by atoms with van der Waals surface area (Å²) in [6.45, 7) is 5.76. The van der Waals surface area contributed by atoms with E-state index in [-0.39, 0.29) is 6.10 Å². The lowest BCUT2D eigenvalue weighted by atomic mass is 9.79. The molecule has 0 aromatic carbocycles. The van der Waals surface area contributed by atoms with Crippen LogP contribution in [0, 0.1) is 17.8 Å². The lowest BCUT2D eigenvalue weighted by Crippen LogP contribution is -2.40. The van der Waals surface area contributed by atoms with Gasteiger partial charge in [0.05, 0.1) is 6.10 Å². The second-order valence-corrected chi connectivity index (χ2v) is 6.88. The molecule has 2 rings (SSSR count). The van der Waals surface area contributed by atoms with Gasteiger partial charge in [-0.1, -0.05) is 26.7 Å². The molecule has 2 nitrogen and oxygen atoms in total. The molecule has 2 saturated carbocycles. The highest BCUT2D eigenvalue weighted by atomic mass is 16.3. The van der Waals surface area contributed by atoms with Gasteiger partial charge in [-0.3, -0.25) is 0 Å². The van der Waals surface area contributed by atoms with Crippen molar-refractivity contribution in [3.05, 3.63) is 0 Å². The summed E-state index contributed by atoms with van der Waals surface area (Å²) >= 11 is 0. The molecule has 0 aliphatic heterocycles. The molecule has 106 valence electrons. The van der Waals surface area contributed by atoms with Gasteiger partial charge in [0.2, 0.25) is 0 Å². The minimum Gasteiger partial charge on any atom is -0.393 e. The fourth-order valence-corrected chi connectivity index (χ4v) is 3.73.